The normalized spacial score (nSPS) is 11.1. The molecule has 0 atom stereocenters. The lowest BCUT2D eigenvalue weighted by Crippen LogP contribution is -2.28. The van der Waals surface area contributed by atoms with Gasteiger partial charge in [-0.15, -0.1) is 0 Å². The van der Waals surface area contributed by atoms with Crippen molar-refractivity contribution >= 4 is 19.9 Å². The zero-order valence-electron chi connectivity index (χ0n) is 11.7. The topological polar surface area (TPSA) is 0 Å². The molecule has 1 heteroatoms. The standard InChI is InChI=1S/C19H18Si/c1-15-9-8-14-18(20-17-12-6-3-7-13-17)19(15)16-10-4-2-5-11-16/h2-14H,20H2,1H3. The van der Waals surface area contributed by atoms with Gasteiger partial charge >= 0.3 is 0 Å². The monoisotopic (exact) mass is 274 g/mol. The Hall–Kier alpha value is -2.12. The lowest BCUT2D eigenvalue weighted by atomic mass is 10.0. The first-order valence-electron chi connectivity index (χ1n) is 7.02. The van der Waals surface area contributed by atoms with Crippen molar-refractivity contribution in [2.75, 3.05) is 0 Å². The predicted molar refractivity (Wildman–Crippen MR) is 90.9 cm³/mol. The highest BCUT2D eigenvalue weighted by Crippen LogP contribution is 2.20. The fourth-order valence-electron chi connectivity index (χ4n) is 2.71. The van der Waals surface area contributed by atoms with Crippen molar-refractivity contribution in [3.05, 3.63) is 84.4 Å². The number of benzene rings is 3. The maximum Gasteiger partial charge on any atom is 0.0883 e. The second kappa shape index (κ2) is 5.89. The van der Waals surface area contributed by atoms with E-state index in [-0.39, 0.29) is 0 Å². The van der Waals surface area contributed by atoms with Crippen LogP contribution in [-0.4, -0.2) is 9.52 Å². The van der Waals surface area contributed by atoms with E-state index < -0.39 is 9.52 Å². The van der Waals surface area contributed by atoms with Crippen molar-refractivity contribution in [2.45, 2.75) is 6.92 Å². The summed E-state index contributed by atoms with van der Waals surface area (Å²) in [6, 6.07) is 28.3. The van der Waals surface area contributed by atoms with Crippen LogP contribution in [0.3, 0.4) is 0 Å². The molecule has 0 spiro atoms. The average Bonchev–Trinajstić information content (AvgIpc) is 2.49. The van der Waals surface area contributed by atoms with Gasteiger partial charge in [0.2, 0.25) is 0 Å². The molecule has 0 saturated heterocycles. The van der Waals surface area contributed by atoms with Crippen molar-refractivity contribution in [3.63, 3.8) is 0 Å². The maximum absolute atomic E-state index is 2.30. The molecule has 20 heavy (non-hydrogen) atoms. The zero-order chi connectivity index (χ0) is 13.8. The Morgan fingerprint density at radius 2 is 1.30 bits per heavy atom. The zero-order valence-corrected chi connectivity index (χ0v) is 13.1. The molecule has 0 unspecified atom stereocenters. The molecule has 0 saturated carbocycles. The molecule has 0 N–H and O–H groups in total. The third kappa shape index (κ3) is 2.73. The first kappa shape index (κ1) is 12.9. The molecular weight excluding hydrogens is 256 g/mol. The van der Waals surface area contributed by atoms with Crippen LogP contribution in [0.4, 0.5) is 0 Å². The van der Waals surface area contributed by atoms with Crippen molar-refractivity contribution in [2.24, 2.45) is 0 Å². The van der Waals surface area contributed by atoms with Gasteiger partial charge in [0.05, 0.1) is 9.52 Å². The molecule has 0 heterocycles. The van der Waals surface area contributed by atoms with E-state index in [4.69, 9.17) is 0 Å². The first-order chi connectivity index (χ1) is 9.84. The minimum Gasteiger partial charge on any atom is -0.0633 e. The molecule has 3 aromatic carbocycles. The molecule has 0 nitrogen and oxygen atoms in total. The summed E-state index contributed by atoms with van der Waals surface area (Å²) in [5.41, 5.74) is 4.14. The molecule has 0 bridgehead atoms. The number of hydrogen-bond donors (Lipinski definition) is 0. The minimum atomic E-state index is -0.428. The van der Waals surface area contributed by atoms with E-state index in [1.807, 2.05) is 0 Å². The first-order valence-corrected chi connectivity index (χ1v) is 8.44. The molecule has 98 valence electrons. The van der Waals surface area contributed by atoms with E-state index in [9.17, 15) is 0 Å². The SMILES string of the molecule is Cc1cccc([SiH2]c2ccccc2)c1-c1ccccc1. The highest BCUT2D eigenvalue weighted by atomic mass is 28.2. The Kier molecular flexibility index (Phi) is 3.80. The second-order valence-electron chi connectivity index (χ2n) is 5.14. The van der Waals surface area contributed by atoms with Gasteiger partial charge in [-0.3, -0.25) is 0 Å². The molecule has 0 aliphatic carbocycles. The summed E-state index contributed by atoms with van der Waals surface area (Å²) in [5.74, 6) is 0. The maximum atomic E-state index is 2.30. The van der Waals surface area contributed by atoms with E-state index in [2.05, 4.69) is 85.8 Å². The van der Waals surface area contributed by atoms with Crippen LogP contribution >= 0.6 is 0 Å². The number of aryl methyl sites for hydroxylation is 1. The van der Waals surface area contributed by atoms with Crippen LogP contribution in [0, 0.1) is 6.92 Å². The average molecular weight is 274 g/mol. The van der Waals surface area contributed by atoms with Crippen molar-refractivity contribution in [1.29, 1.82) is 0 Å². The smallest absolute Gasteiger partial charge is 0.0633 e. The van der Waals surface area contributed by atoms with Gasteiger partial charge < -0.3 is 0 Å². The number of rotatable bonds is 3. The van der Waals surface area contributed by atoms with Crippen molar-refractivity contribution in [1.82, 2.24) is 0 Å². The summed E-state index contributed by atoms with van der Waals surface area (Å²) in [4.78, 5) is 0. The van der Waals surface area contributed by atoms with Crippen molar-refractivity contribution < 1.29 is 0 Å². The van der Waals surface area contributed by atoms with Gasteiger partial charge in [-0.05, 0) is 23.6 Å². The van der Waals surface area contributed by atoms with Crippen LogP contribution in [0.15, 0.2) is 78.9 Å². The lowest BCUT2D eigenvalue weighted by Gasteiger charge is -2.13. The van der Waals surface area contributed by atoms with E-state index in [0.29, 0.717) is 0 Å². The Labute approximate surface area is 122 Å². The highest BCUT2D eigenvalue weighted by molar-refractivity contribution is 6.68. The molecule has 0 amide bonds. The molecule has 0 fully saturated rings. The fraction of sp³-hybridized carbons (Fsp3) is 0.0526. The van der Waals surface area contributed by atoms with Gasteiger partial charge in [0.15, 0.2) is 0 Å². The third-order valence-electron chi connectivity index (χ3n) is 3.66. The van der Waals surface area contributed by atoms with Crippen molar-refractivity contribution in [3.8, 4) is 11.1 Å². The largest absolute Gasteiger partial charge is 0.0883 e. The van der Waals surface area contributed by atoms with Gasteiger partial charge in [0.25, 0.3) is 0 Å². The quantitative estimate of drug-likeness (QED) is 0.644. The second-order valence-corrected chi connectivity index (χ2v) is 7.07. The molecular formula is C19H18Si. The fourth-order valence-corrected chi connectivity index (χ4v) is 4.57. The molecule has 0 aliphatic heterocycles. The van der Waals surface area contributed by atoms with Crippen LogP contribution in [0.1, 0.15) is 5.56 Å². The Balaban J connectivity index is 2.06. The Morgan fingerprint density at radius 1 is 0.650 bits per heavy atom. The molecule has 0 radical (unpaired) electrons. The summed E-state index contributed by atoms with van der Waals surface area (Å²) in [6.07, 6.45) is 0. The van der Waals surface area contributed by atoms with Gasteiger partial charge in [0.1, 0.15) is 0 Å². The summed E-state index contributed by atoms with van der Waals surface area (Å²) in [6.45, 7) is 2.21. The van der Waals surface area contributed by atoms with E-state index >= 15 is 0 Å². The van der Waals surface area contributed by atoms with Crippen LogP contribution in [-0.2, 0) is 0 Å². The van der Waals surface area contributed by atoms with Crippen LogP contribution in [0.5, 0.6) is 0 Å². The Bertz CT molecular complexity index is 687. The van der Waals surface area contributed by atoms with Gasteiger partial charge in [0, 0.05) is 0 Å². The van der Waals surface area contributed by atoms with Crippen LogP contribution < -0.4 is 10.4 Å². The molecule has 3 rings (SSSR count). The summed E-state index contributed by atoms with van der Waals surface area (Å²) in [7, 11) is -0.428. The Morgan fingerprint density at radius 3 is 2.00 bits per heavy atom. The summed E-state index contributed by atoms with van der Waals surface area (Å²) < 4.78 is 0. The number of hydrogen-bond acceptors (Lipinski definition) is 0. The van der Waals surface area contributed by atoms with E-state index in [1.165, 1.54) is 27.1 Å². The van der Waals surface area contributed by atoms with Gasteiger partial charge in [-0.1, -0.05) is 89.2 Å². The molecule has 0 aliphatic rings. The van der Waals surface area contributed by atoms with E-state index in [1.54, 1.807) is 0 Å². The molecule has 0 aromatic heterocycles. The highest BCUT2D eigenvalue weighted by Gasteiger charge is 2.08. The predicted octanol–water partition coefficient (Wildman–Crippen LogP) is 2.78. The van der Waals surface area contributed by atoms with Gasteiger partial charge in [-0.2, -0.15) is 0 Å². The third-order valence-corrected chi connectivity index (χ3v) is 5.51. The summed E-state index contributed by atoms with van der Waals surface area (Å²) in [5, 5.41) is 3.03. The molecule has 3 aromatic rings. The lowest BCUT2D eigenvalue weighted by molar-refractivity contribution is 1.48. The van der Waals surface area contributed by atoms with E-state index in [0.717, 1.165) is 0 Å². The minimum absolute atomic E-state index is 0.428. The van der Waals surface area contributed by atoms with Crippen LogP contribution in [0.25, 0.3) is 11.1 Å². The van der Waals surface area contributed by atoms with Gasteiger partial charge in [-0.25, -0.2) is 0 Å². The van der Waals surface area contributed by atoms with Crippen LogP contribution in [0.2, 0.25) is 0 Å². The summed E-state index contributed by atoms with van der Waals surface area (Å²) >= 11 is 0.